The zero-order chi connectivity index (χ0) is 39.8. The molecule has 55 heavy (non-hydrogen) atoms. The first kappa shape index (κ1) is 53.9. The SMILES string of the molecule is CCCCCCCCCCCCCCCCCCCCCCCCOC(=O)CC(=O)OCCCCCCCCCCCCCCCCCCCCCCCC. The molecule has 0 aliphatic rings. The predicted octanol–water partition coefficient (Wildman–Crippen LogP) is 17.7. The summed E-state index contributed by atoms with van der Waals surface area (Å²) >= 11 is 0. The summed E-state index contributed by atoms with van der Waals surface area (Å²) in [6.45, 7) is 5.43. The van der Waals surface area contributed by atoms with Crippen LogP contribution in [0.5, 0.6) is 0 Å². The zero-order valence-electron chi connectivity index (χ0n) is 37.9. The Balaban J connectivity index is 3.24. The highest BCUT2D eigenvalue weighted by atomic mass is 16.6. The summed E-state index contributed by atoms with van der Waals surface area (Å²) in [6, 6.07) is 0. The molecule has 4 nitrogen and oxygen atoms in total. The number of carbonyl (C=O) groups excluding carboxylic acids is 2. The molecular weight excluding hydrogens is 677 g/mol. The first-order valence-electron chi connectivity index (χ1n) is 25.5. The van der Waals surface area contributed by atoms with Crippen LogP contribution >= 0.6 is 0 Å². The van der Waals surface area contributed by atoms with Crippen molar-refractivity contribution < 1.29 is 19.1 Å². The lowest BCUT2D eigenvalue weighted by atomic mass is 10.0. The lowest BCUT2D eigenvalue weighted by Gasteiger charge is -2.07. The Bertz CT molecular complexity index is 676. The Morgan fingerprint density at radius 3 is 0.545 bits per heavy atom. The smallest absolute Gasteiger partial charge is 0.317 e. The second kappa shape index (κ2) is 49.1. The number of esters is 2. The number of carbonyl (C=O) groups is 2. The molecule has 0 spiro atoms. The maximum absolute atomic E-state index is 12.0. The lowest BCUT2D eigenvalue weighted by molar-refractivity contribution is -0.154. The molecule has 0 aliphatic heterocycles. The summed E-state index contributed by atoms with van der Waals surface area (Å²) in [5.41, 5.74) is 0. The highest BCUT2D eigenvalue weighted by Gasteiger charge is 2.11. The molecule has 0 N–H and O–H groups in total. The summed E-state index contributed by atoms with van der Waals surface area (Å²) in [4.78, 5) is 24.0. The molecule has 0 aromatic carbocycles. The molecule has 0 aromatic rings. The van der Waals surface area contributed by atoms with Crippen molar-refractivity contribution in [3.8, 4) is 0 Å². The van der Waals surface area contributed by atoms with E-state index in [1.807, 2.05) is 0 Å². The monoisotopic (exact) mass is 777 g/mol. The molecule has 0 radical (unpaired) electrons. The van der Waals surface area contributed by atoms with Gasteiger partial charge in [0.1, 0.15) is 6.42 Å². The van der Waals surface area contributed by atoms with Crippen LogP contribution in [0.2, 0.25) is 0 Å². The second-order valence-corrected chi connectivity index (χ2v) is 17.5. The molecule has 0 saturated carbocycles. The molecule has 0 heterocycles. The molecule has 0 fully saturated rings. The van der Waals surface area contributed by atoms with Crippen molar-refractivity contribution in [1.29, 1.82) is 0 Å². The van der Waals surface area contributed by atoms with Gasteiger partial charge >= 0.3 is 11.9 Å². The van der Waals surface area contributed by atoms with Crippen LogP contribution in [0.1, 0.15) is 303 Å². The summed E-state index contributed by atoms with van der Waals surface area (Å²) in [7, 11) is 0. The average molecular weight is 777 g/mol. The minimum absolute atomic E-state index is 0.251. The van der Waals surface area contributed by atoms with E-state index in [9.17, 15) is 9.59 Å². The van der Waals surface area contributed by atoms with Gasteiger partial charge in [0.05, 0.1) is 13.2 Å². The van der Waals surface area contributed by atoms with E-state index in [1.165, 1.54) is 257 Å². The van der Waals surface area contributed by atoms with E-state index in [-0.39, 0.29) is 6.42 Å². The van der Waals surface area contributed by atoms with E-state index in [4.69, 9.17) is 9.47 Å². The molecule has 0 rings (SSSR count). The van der Waals surface area contributed by atoms with Crippen molar-refractivity contribution in [3.05, 3.63) is 0 Å². The maximum Gasteiger partial charge on any atom is 0.317 e. The van der Waals surface area contributed by atoms with Gasteiger partial charge < -0.3 is 9.47 Å². The van der Waals surface area contributed by atoms with Gasteiger partial charge in [-0.15, -0.1) is 0 Å². The van der Waals surface area contributed by atoms with E-state index in [1.54, 1.807) is 0 Å². The summed E-state index contributed by atoms with van der Waals surface area (Å²) in [6.07, 6.45) is 59.8. The summed E-state index contributed by atoms with van der Waals surface area (Å²) in [5.74, 6) is -0.884. The van der Waals surface area contributed by atoms with Gasteiger partial charge in [0, 0.05) is 0 Å². The highest BCUT2D eigenvalue weighted by molar-refractivity contribution is 5.91. The predicted molar refractivity (Wildman–Crippen MR) is 241 cm³/mol. The van der Waals surface area contributed by atoms with Gasteiger partial charge in [-0.2, -0.15) is 0 Å². The zero-order valence-corrected chi connectivity index (χ0v) is 37.9. The lowest BCUT2D eigenvalue weighted by Crippen LogP contribution is -2.15. The van der Waals surface area contributed by atoms with Crippen LogP contribution in [0.15, 0.2) is 0 Å². The largest absolute Gasteiger partial charge is 0.465 e. The molecular formula is C51H100O4. The fourth-order valence-corrected chi connectivity index (χ4v) is 8.01. The highest BCUT2D eigenvalue weighted by Crippen LogP contribution is 2.17. The minimum atomic E-state index is -0.442. The maximum atomic E-state index is 12.0. The molecule has 0 unspecified atom stereocenters. The number of hydrogen-bond donors (Lipinski definition) is 0. The van der Waals surface area contributed by atoms with Crippen LogP contribution in [-0.2, 0) is 19.1 Å². The number of ether oxygens (including phenoxy) is 2. The molecule has 0 amide bonds. The van der Waals surface area contributed by atoms with E-state index in [0.29, 0.717) is 13.2 Å². The van der Waals surface area contributed by atoms with Crippen LogP contribution < -0.4 is 0 Å². The van der Waals surface area contributed by atoms with Crippen molar-refractivity contribution >= 4 is 11.9 Å². The fourth-order valence-electron chi connectivity index (χ4n) is 8.01. The van der Waals surface area contributed by atoms with Crippen molar-refractivity contribution in [3.63, 3.8) is 0 Å². The van der Waals surface area contributed by atoms with Gasteiger partial charge in [-0.1, -0.05) is 284 Å². The van der Waals surface area contributed by atoms with Crippen LogP contribution in [0, 0.1) is 0 Å². The average Bonchev–Trinajstić information content (AvgIpc) is 3.18. The van der Waals surface area contributed by atoms with Crippen LogP contribution in [0.3, 0.4) is 0 Å². The third-order valence-electron chi connectivity index (χ3n) is 11.8. The number of hydrogen-bond acceptors (Lipinski definition) is 4. The van der Waals surface area contributed by atoms with E-state index in [2.05, 4.69) is 13.8 Å². The Morgan fingerprint density at radius 1 is 0.236 bits per heavy atom. The second-order valence-electron chi connectivity index (χ2n) is 17.5. The van der Waals surface area contributed by atoms with Gasteiger partial charge in [-0.05, 0) is 12.8 Å². The Hall–Kier alpha value is -1.06. The van der Waals surface area contributed by atoms with Gasteiger partial charge in [-0.3, -0.25) is 9.59 Å². The first-order chi connectivity index (χ1) is 27.2. The fraction of sp³-hybridized carbons (Fsp3) is 0.961. The van der Waals surface area contributed by atoms with Crippen LogP contribution in [-0.4, -0.2) is 25.2 Å². The standard InChI is InChI=1S/C51H100O4/c1-3-5-7-9-11-13-15-17-19-21-23-25-27-29-31-33-35-37-39-41-43-45-47-54-50(52)49-51(53)55-48-46-44-42-40-38-36-34-32-30-28-26-24-22-20-18-16-14-12-10-8-6-4-2/h3-49H2,1-2H3. The summed E-state index contributed by atoms with van der Waals surface area (Å²) in [5, 5.41) is 0. The van der Waals surface area contributed by atoms with Crippen LogP contribution in [0.25, 0.3) is 0 Å². The summed E-state index contributed by atoms with van der Waals surface area (Å²) < 4.78 is 10.5. The molecule has 0 aliphatic carbocycles. The number of unbranched alkanes of at least 4 members (excludes halogenated alkanes) is 42. The topological polar surface area (TPSA) is 52.6 Å². The Morgan fingerprint density at radius 2 is 0.382 bits per heavy atom. The third kappa shape index (κ3) is 49.0. The minimum Gasteiger partial charge on any atom is -0.465 e. The van der Waals surface area contributed by atoms with E-state index < -0.39 is 11.9 Å². The molecule has 4 heteroatoms. The molecule has 0 bridgehead atoms. The Labute approximate surface area is 346 Å². The molecule has 0 saturated heterocycles. The van der Waals surface area contributed by atoms with Gasteiger partial charge in [0.2, 0.25) is 0 Å². The van der Waals surface area contributed by atoms with Crippen molar-refractivity contribution in [2.45, 2.75) is 303 Å². The van der Waals surface area contributed by atoms with E-state index >= 15 is 0 Å². The number of rotatable bonds is 48. The molecule has 0 aromatic heterocycles. The van der Waals surface area contributed by atoms with Gasteiger partial charge in [0.25, 0.3) is 0 Å². The quantitative estimate of drug-likeness (QED) is 0.0351. The normalized spacial score (nSPS) is 11.4. The first-order valence-corrected chi connectivity index (χ1v) is 25.5. The van der Waals surface area contributed by atoms with E-state index in [0.717, 1.165) is 25.7 Å². The molecule has 328 valence electrons. The van der Waals surface area contributed by atoms with Crippen molar-refractivity contribution in [2.24, 2.45) is 0 Å². The van der Waals surface area contributed by atoms with Gasteiger partial charge in [-0.25, -0.2) is 0 Å². The Kier molecular flexibility index (Phi) is 48.1. The van der Waals surface area contributed by atoms with Crippen molar-refractivity contribution in [2.75, 3.05) is 13.2 Å². The molecule has 0 atom stereocenters. The van der Waals surface area contributed by atoms with Gasteiger partial charge in [0.15, 0.2) is 0 Å². The van der Waals surface area contributed by atoms with Crippen molar-refractivity contribution in [1.82, 2.24) is 0 Å². The van der Waals surface area contributed by atoms with Crippen LogP contribution in [0.4, 0.5) is 0 Å². The third-order valence-corrected chi connectivity index (χ3v) is 11.8.